The molecule has 1 aromatic heterocycles. The molecule has 9 nitrogen and oxygen atoms in total. The highest BCUT2D eigenvalue weighted by molar-refractivity contribution is 5.79. The van der Waals surface area contributed by atoms with Gasteiger partial charge in [-0.05, 0) is 35.4 Å². The van der Waals surface area contributed by atoms with Crippen molar-refractivity contribution in [2.75, 3.05) is 19.7 Å². The Kier molecular flexibility index (Phi) is 7.46. The van der Waals surface area contributed by atoms with Crippen molar-refractivity contribution in [3.63, 3.8) is 0 Å². The molecule has 1 fully saturated rings. The summed E-state index contributed by atoms with van der Waals surface area (Å²) >= 11 is 0. The standard InChI is InChI=1S/C19H25N7O2/c20-9-5-11-26-18(23-24-25-26)17(14-28-13-15-6-2-1-3-7-15)22-19(27)16-8-4-10-21-12-16/h1-3,6-7,16-17,21H,4-5,8,10-14H2,(H,22,27). The van der Waals surface area contributed by atoms with Gasteiger partial charge in [0.15, 0.2) is 5.82 Å². The van der Waals surface area contributed by atoms with Crippen LogP contribution in [0, 0.1) is 17.2 Å². The number of tetrazole rings is 1. The van der Waals surface area contributed by atoms with Crippen LogP contribution < -0.4 is 10.6 Å². The maximum absolute atomic E-state index is 12.7. The van der Waals surface area contributed by atoms with Gasteiger partial charge in [-0.2, -0.15) is 5.26 Å². The van der Waals surface area contributed by atoms with Crippen LogP contribution in [0.3, 0.4) is 0 Å². The fraction of sp³-hybridized carbons (Fsp3) is 0.526. The summed E-state index contributed by atoms with van der Waals surface area (Å²) in [5, 5.41) is 26.9. The normalized spacial score (nSPS) is 17.6. The number of amides is 1. The average molecular weight is 383 g/mol. The van der Waals surface area contributed by atoms with E-state index < -0.39 is 6.04 Å². The third-order valence-electron chi connectivity index (χ3n) is 4.69. The molecule has 1 saturated heterocycles. The highest BCUT2D eigenvalue weighted by Gasteiger charge is 2.27. The molecule has 2 heterocycles. The van der Waals surface area contributed by atoms with Gasteiger partial charge in [0.05, 0.1) is 38.2 Å². The fourth-order valence-electron chi connectivity index (χ4n) is 3.19. The summed E-state index contributed by atoms with van der Waals surface area (Å²) in [5.41, 5.74) is 1.05. The van der Waals surface area contributed by atoms with E-state index in [-0.39, 0.29) is 24.9 Å². The predicted octanol–water partition coefficient (Wildman–Crippen LogP) is 0.960. The number of rotatable bonds is 9. The molecule has 0 radical (unpaired) electrons. The van der Waals surface area contributed by atoms with Gasteiger partial charge in [0.1, 0.15) is 6.04 Å². The molecular weight excluding hydrogens is 358 g/mol. The SMILES string of the molecule is N#CCCn1nnnc1C(COCc1ccccc1)NC(=O)C1CCCNC1. The molecular formula is C19H25N7O2. The summed E-state index contributed by atoms with van der Waals surface area (Å²) in [7, 11) is 0. The van der Waals surface area contributed by atoms with Crippen molar-refractivity contribution in [1.82, 2.24) is 30.8 Å². The number of ether oxygens (including phenoxy) is 1. The van der Waals surface area contributed by atoms with Gasteiger partial charge in [0.25, 0.3) is 0 Å². The molecule has 2 N–H and O–H groups in total. The number of nitriles is 1. The Balaban J connectivity index is 1.67. The number of hydrogen-bond acceptors (Lipinski definition) is 7. The summed E-state index contributed by atoms with van der Waals surface area (Å²) in [6.07, 6.45) is 2.12. The van der Waals surface area contributed by atoms with E-state index in [1.165, 1.54) is 0 Å². The second-order valence-corrected chi connectivity index (χ2v) is 6.77. The minimum Gasteiger partial charge on any atom is -0.374 e. The molecule has 28 heavy (non-hydrogen) atoms. The Labute approximate surface area is 164 Å². The van der Waals surface area contributed by atoms with E-state index in [9.17, 15) is 4.79 Å². The number of hydrogen-bond donors (Lipinski definition) is 2. The zero-order valence-corrected chi connectivity index (χ0v) is 15.8. The lowest BCUT2D eigenvalue weighted by atomic mass is 9.98. The molecule has 0 aliphatic carbocycles. The zero-order chi connectivity index (χ0) is 19.6. The smallest absolute Gasteiger partial charge is 0.225 e. The van der Waals surface area contributed by atoms with E-state index in [1.807, 2.05) is 30.3 Å². The summed E-state index contributed by atoms with van der Waals surface area (Å²) in [4.78, 5) is 12.7. The van der Waals surface area contributed by atoms with E-state index in [4.69, 9.17) is 10.00 Å². The zero-order valence-electron chi connectivity index (χ0n) is 15.8. The topological polar surface area (TPSA) is 118 Å². The van der Waals surface area contributed by atoms with Crippen LogP contribution in [0.1, 0.15) is 36.7 Å². The van der Waals surface area contributed by atoms with Crippen molar-refractivity contribution in [2.24, 2.45) is 5.92 Å². The van der Waals surface area contributed by atoms with Crippen molar-refractivity contribution in [2.45, 2.75) is 38.5 Å². The molecule has 1 aliphatic rings. The predicted molar refractivity (Wildman–Crippen MR) is 101 cm³/mol. The minimum absolute atomic E-state index is 0.0321. The minimum atomic E-state index is -0.480. The average Bonchev–Trinajstić information content (AvgIpc) is 3.21. The lowest BCUT2D eigenvalue weighted by Crippen LogP contribution is -2.43. The monoisotopic (exact) mass is 383 g/mol. The Morgan fingerprint density at radius 1 is 1.43 bits per heavy atom. The number of carbonyl (C=O) groups is 1. The van der Waals surface area contributed by atoms with Gasteiger partial charge in [0, 0.05) is 6.54 Å². The molecule has 9 heteroatoms. The quantitative estimate of drug-likeness (QED) is 0.662. The maximum atomic E-state index is 12.7. The molecule has 2 unspecified atom stereocenters. The first-order valence-corrected chi connectivity index (χ1v) is 9.53. The largest absolute Gasteiger partial charge is 0.374 e. The highest BCUT2D eigenvalue weighted by Crippen LogP contribution is 2.16. The first-order valence-electron chi connectivity index (χ1n) is 9.53. The van der Waals surface area contributed by atoms with E-state index in [1.54, 1.807) is 4.68 Å². The van der Waals surface area contributed by atoms with Gasteiger partial charge in [-0.15, -0.1) is 5.10 Å². The highest BCUT2D eigenvalue weighted by atomic mass is 16.5. The number of aromatic nitrogens is 4. The first-order chi connectivity index (χ1) is 13.8. The van der Waals surface area contributed by atoms with Crippen molar-refractivity contribution >= 4 is 5.91 Å². The third-order valence-corrected chi connectivity index (χ3v) is 4.69. The van der Waals surface area contributed by atoms with Crippen molar-refractivity contribution in [1.29, 1.82) is 5.26 Å². The van der Waals surface area contributed by atoms with Crippen LogP contribution in [0.2, 0.25) is 0 Å². The van der Waals surface area contributed by atoms with E-state index >= 15 is 0 Å². The second-order valence-electron chi connectivity index (χ2n) is 6.77. The van der Waals surface area contributed by atoms with Gasteiger partial charge in [-0.1, -0.05) is 30.3 Å². The van der Waals surface area contributed by atoms with Crippen molar-refractivity contribution in [3.8, 4) is 6.07 Å². The van der Waals surface area contributed by atoms with Crippen LogP contribution in [0.4, 0.5) is 0 Å². The third kappa shape index (κ3) is 5.58. The van der Waals surface area contributed by atoms with Gasteiger partial charge < -0.3 is 15.4 Å². The molecule has 2 atom stereocenters. The number of piperidine rings is 1. The molecule has 0 saturated carbocycles. The van der Waals surface area contributed by atoms with Crippen LogP contribution in [-0.2, 0) is 22.7 Å². The van der Waals surface area contributed by atoms with E-state index in [0.29, 0.717) is 25.5 Å². The molecule has 1 amide bonds. The Morgan fingerprint density at radius 2 is 2.29 bits per heavy atom. The molecule has 0 bridgehead atoms. The molecule has 2 aromatic rings. The molecule has 148 valence electrons. The van der Waals surface area contributed by atoms with Crippen molar-refractivity contribution in [3.05, 3.63) is 41.7 Å². The maximum Gasteiger partial charge on any atom is 0.225 e. The second kappa shape index (κ2) is 10.5. The summed E-state index contributed by atoms with van der Waals surface area (Å²) < 4.78 is 7.40. The fourth-order valence-corrected chi connectivity index (χ4v) is 3.19. The number of nitrogens with zero attached hydrogens (tertiary/aromatic N) is 5. The Hall–Kier alpha value is -2.83. The van der Waals surface area contributed by atoms with Gasteiger partial charge in [-0.3, -0.25) is 4.79 Å². The van der Waals surface area contributed by atoms with Gasteiger partial charge in [0.2, 0.25) is 5.91 Å². The molecule has 1 aromatic carbocycles. The van der Waals surface area contributed by atoms with Crippen LogP contribution in [-0.4, -0.2) is 45.8 Å². The molecule has 0 spiro atoms. The number of benzene rings is 1. The Bertz CT molecular complexity index is 781. The van der Waals surface area contributed by atoms with Crippen LogP contribution in [0.15, 0.2) is 30.3 Å². The van der Waals surface area contributed by atoms with Gasteiger partial charge in [-0.25, -0.2) is 4.68 Å². The van der Waals surface area contributed by atoms with E-state index in [2.05, 4.69) is 32.2 Å². The molecule has 3 rings (SSSR count). The lowest BCUT2D eigenvalue weighted by Gasteiger charge is -2.25. The van der Waals surface area contributed by atoms with E-state index in [0.717, 1.165) is 24.9 Å². The molecule has 1 aliphatic heterocycles. The lowest BCUT2D eigenvalue weighted by molar-refractivity contribution is -0.126. The summed E-state index contributed by atoms with van der Waals surface area (Å²) in [5.74, 6) is 0.393. The number of nitrogens with one attached hydrogen (secondary N) is 2. The number of carbonyl (C=O) groups excluding carboxylic acids is 1. The van der Waals surface area contributed by atoms with Crippen molar-refractivity contribution < 1.29 is 9.53 Å². The summed E-state index contributed by atoms with van der Waals surface area (Å²) in [6, 6.07) is 11.4. The Morgan fingerprint density at radius 3 is 3.04 bits per heavy atom. The van der Waals surface area contributed by atoms with Crippen LogP contribution in [0.25, 0.3) is 0 Å². The first kappa shape index (κ1) is 19.9. The summed E-state index contributed by atoms with van der Waals surface area (Å²) in [6.45, 7) is 2.66. The van der Waals surface area contributed by atoms with Gasteiger partial charge >= 0.3 is 0 Å². The van der Waals surface area contributed by atoms with Crippen LogP contribution >= 0.6 is 0 Å². The number of aryl methyl sites for hydroxylation is 1. The van der Waals surface area contributed by atoms with Crippen LogP contribution in [0.5, 0.6) is 0 Å².